The zero-order valence-electron chi connectivity index (χ0n) is 16.1. The number of piperazine rings is 1. The Balaban J connectivity index is 1.34. The zero-order chi connectivity index (χ0) is 20.9. The third-order valence-corrected chi connectivity index (χ3v) is 8.59. The number of rotatable bonds is 2. The highest BCUT2D eigenvalue weighted by atomic mass is 32.3. The summed E-state index contributed by atoms with van der Waals surface area (Å²) in [6.07, 6.45) is 0. The average molecular weight is 445 g/mol. The van der Waals surface area contributed by atoms with E-state index in [4.69, 9.17) is 0 Å². The van der Waals surface area contributed by atoms with Gasteiger partial charge in [-0.15, -0.1) is 11.3 Å². The Bertz CT molecular complexity index is 1110. The number of hydrogen-bond acceptors (Lipinski definition) is 5. The van der Waals surface area contributed by atoms with E-state index in [0.717, 1.165) is 21.7 Å². The first-order chi connectivity index (χ1) is 14.4. The predicted molar refractivity (Wildman–Crippen MR) is 119 cm³/mol. The molecule has 1 saturated heterocycles. The van der Waals surface area contributed by atoms with Crippen molar-refractivity contribution in [3.05, 3.63) is 70.9 Å². The second kappa shape index (κ2) is 7.39. The van der Waals surface area contributed by atoms with Gasteiger partial charge >= 0.3 is 0 Å². The van der Waals surface area contributed by atoms with Gasteiger partial charge in [0.15, 0.2) is 0 Å². The van der Waals surface area contributed by atoms with Crippen LogP contribution in [-0.2, 0) is 5.75 Å². The van der Waals surface area contributed by atoms with Crippen LogP contribution in [0.25, 0.3) is 10.4 Å². The maximum Gasteiger partial charge on any atom is 0.264 e. The molecular weight excluding hydrogens is 423 g/mol. The Hall–Kier alpha value is -2.39. The van der Waals surface area contributed by atoms with Crippen LogP contribution in [0.2, 0.25) is 0 Å². The molecule has 30 heavy (non-hydrogen) atoms. The summed E-state index contributed by atoms with van der Waals surface area (Å²) >= 11 is 1.42. The standard InChI is InChI=1S/C22H21FN2O3S2/c23-16-5-7-17(8-6-16)24-9-11-25(12-10-24)22(26)19-13-15-14-30(27,28)20-4-2-1-3-18(20)21(15)29-19/h1-8,13,27-28H,9-12,14H2. The lowest BCUT2D eigenvalue weighted by atomic mass is 10.1. The van der Waals surface area contributed by atoms with Crippen LogP contribution in [0, 0.1) is 5.82 Å². The number of fused-ring (bicyclic) bond motifs is 3. The Morgan fingerprint density at radius 3 is 2.43 bits per heavy atom. The Morgan fingerprint density at radius 1 is 1.00 bits per heavy atom. The number of nitrogens with zero attached hydrogens (tertiary/aromatic N) is 2. The fourth-order valence-corrected chi connectivity index (χ4v) is 7.06. The van der Waals surface area contributed by atoms with Crippen molar-refractivity contribution in [2.45, 2.75) is 10.6 Å². The van der Waals surface area contributed by atoms with Crippen molar-refractivity contribution >= 4 is 33.5 Å². The Kier molecular flexibility index (Phi) is 4.82. The van der Waals surface area contributed by atoms with Gasteiger partial charge in [0.25, 0.3) is 5.91 Å². The van der Waals surface area contributed by atoms with E-state index in [1.165, 1.54) is 23.5 Å². The fourth-order valence-electron chi connectivity index (χ4n) is 4.08. The van der Waals surface area contributed by atoms with Crippen LogP contribution in [0.3, 0.4) is 0 Å². The molecule has 0 spiro atoms. The molecule has 0 atom stereocenters. The van der Waals surface area contributed by atoms with Gasteiger partial charge in [0, 0.05) is 42.3 Å². The molecule has 2 N–H and O–H groups in total. The zero-order valence-corrected chi connectivity index (χ0v) is 17.8. The molecule has 0 saturated carbocycles. The molecule has 5 nitrogen and oxygen atoms in total. The van der Waals surface area contributed by atoms with Crippen LogP contribution in [0.15, 0.2) is 59.5 Å². The van der Waals surface area contributed by atoms with E-state index in [2.05, 4.69) is 4.90 Å². The molecule has 1 amide bonds. The number of thiophene rings is 1. The number of anilines is 1. The van der Waals surface area contributed by atoms with E-state index in [0.29, 0.717) is 36.0 Å². The average Bonchev–Trinajstić information content (AvgIpc) is 3.17. The Morgan fingerprint density at radius 2 is 1.70 bits per heavy atom. The van der Waals surface area contributed by atoms with Crippen LogP contribution < -0.4 is 4.90 Å². The van der Waals surface area contributed by atoms with Crippen molar-refractivity contribution in [3.8, 4) is 10.4 Å². The highest BCUT2D eigenvalue weighted by Crippen LogP contribution is 2.60. The van der Waals surface area contributed by atoms with Gasteiger partial charge < -0.3 is 9.80 Å². The topological polar surface area (TPSA) is 64.0 Å². The van der Waals surface area contributed by atoms with Gasteiger partial charge in [-0.2, -0.15) is 10.6 Å². The van der Waals surface area contributed by atoms with Gasteiger partial charge in [0.05, 0.1) is 15.5 Å². The minimum atomic E-state index is -2.89. The van der Waals surface area contributed by atoms with Crippen LogP contribution in [0.1, 0.15) is 15.2 Å². The van der Waals surface area contributed by atoms with Crippen LogP contribution in [-0.4, -0.2) is 46.1 Å². The van der Waals surface area contributed by atoms with E-state index in [1.54, 1.807) is 24.3 Å². The summed E-state index contributed by atoms with van der Waals surface area (Å²) in [7, 11) is -2.89. The van der Waals surface area contributed by atoms with Crippen LogP contribution in [0.5, 0.6) is 0 Å². The molecule has 2 aliphatic rings. The van der Waals surface area contributed by atoms with Crippen LogP contribution >= 0.6 is 21.9 Å². The summed E-state index contributed by atoms with van der Waals surface area (Å²) in [5, 5.41) is 0. The Labute approximate surface area is 179 Å². The van der Waals surface area contributed by atoms with Crippen molar-refractivity contribution < 1.29 is 18.3 Å². The summed E-state index contributed by atoms with van der Waals surface area (Å²) in [4.78, 5) is 19.2. The van der Waals surface area contributed by atoms with E-state index < -0.39 is 10.6 Å². The first-order valence-corrected chi connectivity index (χ1v) is 12.2. The highest BCUT2D eigenvalue weighted by molar-refractivity contribution is 8.23. The molecule has 156 valence electrons. The number of hydrogen-bond donors (Lipinski definition) is 2. The van der Waals surface area contributed by atoms with Crippen molar-refractivity contribution in [2.75, 3.05) is 31.1 Å². The van der Waals surface area contributed by atoms with Gasteiger partial charge in [-0.3, -0.25) is 13.9 Å². The quantitative estimate of drug-likeness (QED) is 0.575. The lowest BCUT2D eigenvalue weighted by Crippen LogP contribution is -2.48. The molecule has 0 bridgehead atoms. The molecule has 3 aromatic rings. The molecule has 0 radical (unpaired) electrons. The molecule has 0 unspecified atom stereocenters. The second-order valence-electron chi connectivity index (χ2n) is 7.53. The summed E-state index contributed by atoms with van der Waals surface area (Å²) < 4.78 is 34.2. The lowest BCUT2D eigenvalue weighted by molar-refractivity contribution is 0.0751. The molecule has 0 aliphatic carbocycles. The van der Waals surface area contributed by atoms with Gasteiger partial charge in [-0.1, -0.05) is 18.2 Å². The molecule has 5 rings (SSSR count). The summed E-state index contributed by atoms with van der Waals surface area (Å²) in [6.45, 7) is 2.55. The second-order valence-corrected chi connectivity index (χ2v) is 10.6. The number of benzene rings is 2. The summed E-state index contributed by atoms with van der Waals surface area (Å²) in [5.41, 5.74) is 2.59. The van der Waals surface area contributed by atoms with Crippen LogP contribution in [0.4, 0.5) is 10.1 Å². The number of carbonyl (C=O) groups excluding carboxylic acids is 1. The third-order valence-electron chi connectivity index (χ3n) is 5.62. The van der Waals surface area contributed by atoms with E-state index >= 15 is 0 Å². The SMILES string of the molecule is O=C(c1cc2c(s1)-c1ccccc1S(O)(O)C2)N1CCN(c2ccc(F)cc2)CC1. The van der Waals surface area contributed by atoms with Crippen molar-refractivity contribution in [1.29, 1.82) is 0 Å². The van der Waals surface area contributed by atoms with Gasteiger partial charge in [-0.25, -0.2) is 4.39 Å². The first kappa shape index (κ1) is 19.6. The van der Waals surface area contributed by atoms with Crippen molar-refractivity contribution in [3.63, 3.8) is 0 Å². The smallest absolute Gasteiger partial charge is 0.264 e. The molecule has 3 heterocycles. The predicted octanol–water partition coefficient (Wildman–Crippen LogP) is 5.14. The van der Waals surface area contributed by atoms with Gasteiger partial charge in [0.2, 0.25) is 0 Å². The monoisotopic (exact) mass is 444 g/mol. The number of amides is 1. The normalized spacial score (nSPS) is 18.5. The molecule has 2 aliphatic heterocycles. The minimum Gasteiger partial charge on any atom is -0.368 e. The molecule has 1 fully saturated rings. The first-order valence-electron chi connectivity index (χ1n) is 9.70. The molecule has 8 heteroatoms. The van der Waals surface area contributed by atoms with E-state index in [1.807, 2.05) is 23.1 Å². The van der Waals surface area contributed by atoms with Crippen molar-refractivity contribution in [1.82, 2.24) is 4.90 Å². The van der Waals surface area contributed by atoms with Crippen molar-refractivity contribution in [2.24, 2.45) is 0 Å². The number of carbonyl (C=O) groups is 1. The number of halogens is 1. The summed E-state index contributed by atoms with van der Waals surface area (Å²) in [6, 6.07) is 15.6. The van der Waals surface area contributed by atoms with E-state index in [9.17, 15) is 18.3 Å². The fraction of sp³-hybridized carbons (Fsp3) is 0.227. The summed E-state index contributed by atoms with van der Waals surface area (Å²) in [5.74, 6) is -0.129. The molecule has 2 aromatic carbocycles. The largest absolute Gasteiger partial charge is 0.368 e. The van der Waals surface area contributed by atoms with Gasteiger partial charge in [0.1, 0.15) is 5.82 Å². The molecular formula is C22H21FN2O3S2. The minimum absolute atomic E-state index is 0.0258. The third kappa shape index (κ3) is 3.39. The highest BCUT2D eigenvalue weighted by Gasteiger charge is 2.32. The lowest BCUT2D eigenvalue weighted by Gasteiger charge is -2.37. The molecule has 1 aromatic heterocycles. The maximum atomic E-state index is 13.1. The van der Waals surface area contributed by atoms with Gasteiger partial charge in [-0.05, 0) is 42.0 Å². The maximum absolute atomic E-state index is 13.1. The van der Waals surface area contributed by atoms with E-state index in [-0.39, 0.29) is 17.5 Å².